The lowest BCUT2D eigenvalue weighted by Gasteiger charge is -2.35. The third-order valence-corrected chi connectivity index (χ3v) is 4.88. The second kappa shape index (κ2) is 8.08. The van der Waals surface area contributed by atoms with E-state index in [1.807, 2.05) is 39.9 Å². The Morgan fingerprint density at radius 1 is 1.11 bits per heavy atom. The Labute approximate surface area is 163 Å². The topological polar surface area (TPSA) is 79.2 Å². The molecule has 1 fully saturated rings. The van der Waals surface area contributed by atoms with Crippen LogP contribution in [0, 0.1) is 0 Å². The zero-order valence-electron chi connectivity index (χ0n) is 15.8. The highest BCUT2D eigenvalue weighted by atomic mass is 16.2. The molecule has 0 bridgehead atoms. The summed E-state index contributed by atoms with van der Waals surface area (Å²) in [5.74, 6) is 1.63. The van der Waals surface area contributed by atoms with Gasteiger partial charge >= 0.3 is 6.03 Å². The number of aryl methyl sites for hydroxylation is 1. The van der Waals surface area contributed by atoms with Crippen molar-refractivity contribution in [3.63, 3.8) is 0 Å². The minimum atomic E-state index is -0.0605. The number of aromatic nitrogens is 4. The van der Waals surface area contributed by atoms with Gasteiger partial charge in [-0.1, -0.05) is 19.1 Å². The molecule has 0 spiro atoms. The number of hydrogen-bond acceptors (Lipinski definition) is 5. The van der Waals surface area contributed by atoms with Gasteiger partial charge in [0.1, 0.15) is 24.3 Å². The molecule has 0 unspecified atom stereocenters. The standard InChI is InChI=1S/C20H23N7O/c1-2-16-4-3-5-17(12-16)24-20(28)26-10-8-25(9-11-26)18-13-19(23-14-22-18)27-7-6-21-15-27/h3-7,12-15H,2,8-11H2,1H3,(H,24,28). The first-order chi connectivity index (χ1) is 13.7. The lowest BCUT2D eigenvalue weighted by Crippen LogP contribution is -2.50. The molecule has 4 rings (SSSR count). The molecule has 8 heteroatoms. The fraction of sp³-hybridized carbons (Fsp3) is 0.300. The molecular formula is C20H23N7O. The average molecular weight is 377 g/mol. The number of benzene rings is 1. The maximum atomic E-state index is 12.6. The first-order valence-electron chi connectivity index (χ1n) is 9.43. The van der Waals surface area contributed by atoms with Crippen molar-refractivity contribution in [2.45, 2.75) is 13.3 Å². The lowest BCUT2D eigenvalue weighted by atomic mass is 10.1. The predicted octanol–water partition coefficient (Wildman–Crippen LogP) is 2.58. The van der Waals surface area contributed by atoms with Crippen LogP contribution in [0.4, 0.5) is 16.3 Å². The predicted molar refractivity (Wildman–Crippen MR) is 108 cm³/mol. The summed E-state index contributed by atoms with van der Waals surface area (Å²) in [6.45, 7) is 4.84. The summed E-state index contributed by atoms with van der Waals surface area (Å²) >= 11 is 0. The fourth-order valence-electron chi connectivity index (χ4n) is 3.26. The van der Waals surface area contributed by atoms with Gasteiger partial charge in [0, 0.05) is 50.3 Å². The van der Waals surface area contributed by atoms with Crippen molar-refractivity contribution in [3.8, 4) is 5.82 Å². The summed E-state index contributed by atoms with van der Waals surface area (Å²) in [7, 11) is 0. The van der Waals surface area contributed by atoms with Crippen LogP contribution >= 0.6 is 0 Å². The second-order valence-corrected chi connectivity index (χ2v) is 6.66. The molecule has 2 amide bonds. The van der Waals surface area contributed by atoms with E-state index in [1.54, 1.807) is 18.9 Å². The number of nitrogens with zero attached hydrogens (tertiary/aromatic N) is 6. The number of hydrogen-bond donors (Lipinski definition) is 1. The van der Waals surface area contributed by atoms with Gasteiger partial charge in [0.25, 0.3) is 0 Å². The Balaban J connectivity index is 1.37. The van der Waals surface area contributed by atoms with Crippen molar-refractivity contribution in [1.82, 2.24) is 24.4 Å². The van der Waals surface area contributed by atoms with Crippen molar-refractivity contribution < 1.29 is 4.79 Å². The van der Waals surface area contributed by atoms with Gasteiger partial charge < -0.3 is 15.1 Å². The van der Waals surface area contributed by atoms with E-state index in [0.29, 0.717) is 13.1 Å². The van der Waals surface area contributed by atoms with Crippen molar-refractivity contribution in [2.24, 2.45) is 0 Å². The molecule has 8 nitrogen and oxygen atoms in total. The van der Waals surface area contributed by atoms with Crippen LogP contribution in [0.5, 0.6) is 0 Å². The van der Waals surface area contributed by atoms with Gasteiger partial charge in [-0.3, -0.25) is 4.57 Å². The van der Waals surface area contributed by atoms with Gasteiger partial charge in [-0.25, -0.2) is 19.7 Å². The van der Waals surface area contributed by atoms with E-state index in [0.717, 1.165) is 36.8 Å². The molecule has 2 aromatic heterocycles. The van der Waals surface area contributed by atoms with Crippen molar-refractivity contribution >= 4 is 17.5 Å². The molecule has 1 aromatic carbocycles. The van der Waals surface area contributed by atoms with Gasteiger partial charge in [0.2, 0.25) is 0 Å². The normalized spacial score (nSPS) is 14.2. The zero-order chi connectivity index (χ0) is 19.3. The molecule has 1 aliphatic rings. The maximum Gasteiger partial charge on any atom is 0.321 e. The van der Waals surface area contributed by atoms with E-state index in [2.05, 4.69) is 38.2 Å². The van der Waals surface area contributed by atoms with E-state index in [9.17, 15) is 4.79 Å². The van der Waals surface area contributed by atoms with Crippen molar-refractivity contribution in [1.29, 1.82) is 0 Å². The fourth-order valence-corrected chi connectivity index (χ4v) is 3.26. The average Bonchev–Trinajstić information content (AvgIpc) is 3.29. The van der Waals surface area contributed by atoms with E-state index in [1.165, 1.54) is 5.56 Å². The zero-order valence-corrected chi connectivity index (χ0v) is 15.8. The Morgan fingerprint density at radius 3 is 2.68 bits per heavy atom. The molecule has 1 aliphatic heterocycles. The van der Waals surface area contributed by atoms with Gasteiger partial charge in [0.05, 0.1) is 0 Å². The summed E-state index contributed by atoms with van der Waals surface area (Å²) in [5.41, 5.74) is 2.05. The number of carbonyl (C=O) groups is 1. The quantitative estimate of drug-likeness (QED) is 0.756. The smallest absolute Gasteiger partial charge is 0.321 e. The minimum absolute atomic E-state index is 0.0605. The summed E-state index contributed by atoms with van der Waals surface area (Å²) in [5, 5.41) is 3.00. The molecule has 0 aliphatic carbocycles. The monoisotopic (exact) mass is 377 g/mol. The molecule has 1 N–H and O–H groups in total. The highest BCUT2D eigenvalue weighted by Gasteiger charge is 2.22. The Kier molecular flexibility index (Phi) is 5.18. The van der Waals surface area contributed by atoms with Crippen LogP contribution in [0.1, 0.15) is 12.5 Å². The first-order valence-corrected chi connectivity index (χ1v) is 9.43. The van der Waals surface area contributed by atoms with Crippen molar-refractivity contribution in [3.05, 3.63) is 60.9 Å². The number of rotatable bonds is 4. The van der Waals surface area contributed by atoms with Gasteiger partial charge in [0.15, 0.2) is 0 Å². The molecule has 0 radical (unpaired) electrons. The van der Waals surface area contributed by atoms with Crippen LogP contribution in [-0.2, 0) is 6.42 Å². The highest BCUT2D eigenvalue weighted by molar-refractivity contribution is 5.89. The third kappa shape index (κ3) is 3.95. The Morgan fingerprint density at radius 2 is 1.93 bits per heavy atom. The van der Waals surface area contributed by atoms with Crippen LogP contribution in [0.15, 0.2) is 55.4 Å². The number of amides is 2. The van der Waals surface area contributed by atoms with Gasteiger partial charge in [-0.05, 0) is 24.1 Å². The first kappa shape index (κ1) is 18.0. The molecule has 1 saturated heterocycles. The summed E-state index contributed by atoms with van der Waals surface area (Å²) < 4.78 is 1.85. The Bertz CT molecular complexity index is 933. The Hall–Kier alpha value is -3.42. The maximum absolute atomic E-state index is 12.6. The largest absolute Gasteiger partial charge is 0.353 e. The number of nitrogens with one attached hydrogen (secondary N) is 1. The van der Waals surface area contributed by atoms with Crippen LogP contribution < -0.4 is 10.2 Å². The van der Waals surface area contributed by atoms with E-state index in [-0.39, 0.29) is 6.03 Å². The summed E-state index contributed by atoms with van der Waals surface area (Å²) in [6, 6.07) is 9.86. The SMILES string of the molecule is CCc1cccc(NC(=O)N2CCN(c3cc(-n4ccnc4)ncn3)CC2)c1. The van der Waals surface area contributed by atoms with E-state index < -0.39 is 0 Å². The summed E-state index contributed by atoms with van der Waals surface area (Å²) in [4.78, 5) is 29.3. The molecule has 0 atom stereocenters. The molecule has 144 valence electrons. The second-order valence-electron chi connectivity index (χ2n) is 6.66. The van der Waals surface area contributed by atoms with Crippen LogP contribution in [-0.4, -0.2) is 56.6 Å². The third-order valence-electron chi connectivity index (χ3n) is 4.88. The van der Waals surface area contributed by atoms with Crippen LogP contribution in [0.3, 0.4) is 0 Å². The van der Waals surface area contributed by atoms with Crippen LogP contribution in [0.25, 0.3) is 5.82 Å². The minimum Gasteiger partial charge on any atom is -0.353 e. The van der Waals surface area contributed by atoms with Gasteiger partial charge in [-0.2, -0.15) is 0 Å². The van der Waals surface area contributed by atoms with E-state index >= 15 is 0 Å². The molecular weight excluding hydrogens is 354 g/mol. The van der Waals surface area contributed by atoms with Crippen molar-refractivity contribution in [2.75, 3.05) is 36.4 Å². The number of imidazole rings is 1. The molecule has 3 heterocycles. The number of carbonyl (C=O) groups excluding carboxylic acids is 1. The lowest BCUT2D eigenvalue weighted by molar-refractivity contribution is 0.208. The molecule has 3 aromatic rings. The number of anilines is 2. The number of piperazine rings is 1. The van der Waals surface area contributed by atoms with Gasteiger partial charge in [-0.15, -0.1) is 0 Å². The highest BCUT2D eigenvalue weighted by Crippen LogP contribution is 2.17. The summed E-state index contributed by atoms with van der Waals surface area (Å²) in [6.07, 6.45) is 7.78. The number of urea groups is 1. The molecule has 28 heavy (non-hydrogen) atoms. The van der Waals surface area contributed by atoms with E-state index in [4.69, 9.17) is 0 Å². The molecule has 0 saturated carbocycles. The van der Waals surface area contributed by atoms with Crippen LogP contribution in [0.2, 0.25) is 0 Å².